The Balaban J connectivity index is 1.48. The van der Waals surface area contributed by atoms with Gasteiger partial charge >= 0.3 is 0 Å². The van der Waals surface area contributed by atoms with Gasteiger partial charge in [-0.25, -0.2) is 14.4 Å². The van der Waals surface area contributed by atoms with E-state index in [1.165, 1.54) is 12.3 Å². The summed E-state index contributed by atoms with van der Waals surface area (Å²) in [5.41, 5.74) is 2.45. The van der Waals surface area contributed by atoms with Crippen molar-refractivity contribution in [1.82, 2.24) is 20.3 Å². The molecule has 8 heteroatoms. The van der Waals surface area contributed by atoms with Gasteiger partial charge in [-0.1, -0.05) is 15.9 Å². The van der Waals surface area contributed by atoms with E-state index in [0.29, 0.717) is 10.9 Å². The van der Waals surface area contributed by atoms with Crippen LogP contribution in [0, 0.1) is 5.82 Å². The van der Waals surface area contributed by atoms with E-state index in [0.717, 1.165) is 24.2 Å². The van der Waals surface area contributed by atoms with Gasteiger partial charge < -0.3 is 14.7 Å². The van der Waals surface area contributed by atoms with Gasteiger partial charge in [0, 0.05) is 22.6 Å². The Morgan fingerprint density at radius 3 is 3.16 bits per heavy atom. The highest BCUT2D eigenvalue weighted by Gasteiger charge is 2.24. The SMILES string of the molecule is O=C(NC1CCc2nc[nH]c2C1)c1coc(-c2ccc(Br)cc2F)n1. The van der Waals surface area contributed by atoms with Crippen LogP contribution >= 0.6 is 15.9 Å². The number of benzene rings is 1. The number of amides is 1. The maximum absolute atomic E-state index is 14.0. The van der Waals surface area contributed by atoms with Gasteiger partial charge in [0.15, 0.2) is 5.69 Å². The topological polar surface area (TPSA) is 83.8 Å². The molecular formula is C17H14BrFN4O2. The molecule has 1 aliphatic carbocycles. The molecule has 3 aromatic rings. The number of imidazole rings is 1. The van der Waals surface area contributed by atoms with Crippen LogP contribution in [0.3, 0.4) is 0 Å². The number of carbonyl (C=O) groups excluding carboxylic acids is 1. The average Bonchev–Trinajstić information content (AvgIpc) is 3.23. The predicted octanol–water partition coefficient (Wildman–Crippen LogP) is 3.25. The van der Waals surface area contributed by atoms with Crippen molar-refractivity contribution < 1.29 is 13.6 Å². The van der Waals surface area contributed by atoms with E-state index in [9.17, 15) is 9.18 Å². The first-order valence-electron chi connectivity index (χ1n) is 7.83. The number of hydrogen-bond acceptors (Lipinski definition) is 4. The fraction of sp³-hybridized carbons (Fsp3) is 0.235. The van der Waals surface area contributed by atoms with Crippen molar-refractivity contribution in [3.05, 3.63) is 58.2 Å². The normalized spacial score (nSPS) is 16.5. The Kier molecular flexibility index (Phi) is 4.12. The van der Waals surface area contributed by atoms with Gasteiger partial charge in [-0.2, -0.15) is 0 Å². The second-order valence-electron chi connectivity index (χ2n) is 5.90. The highest BCUT2D eigenvalue weighted by atomic mass is 79.9. The lowest BCUT2D eigenvalue weighted by atomic mass is 9.96. The number of nitrogens with zero attached hydrogens (tertiary/aromatic N) is 2. The summed E-state index contributed by atoms with van der Waals surface area (Å²) in [7, 11) is 0. The smallest absolute Gasteiger partial charge is 0.273 e. The number of aromatic nitrogens is 3. The highest BCUT2D eigenvalue weighted by Crippen LogP contribution is 2.25. The van der Waals surface area contributed by atoms with E-state index in [1.807, 2.05) is 0 Å². The van der Waals surface area contributed by atoms with E-state index >= 15 is 0 Å². The van der Waals surface area contributed by atoms with Crippen LogP contribution in [0.25, 0.3) is 11.5 Å². The third kappa shape index (κ3) is 3.21. The molecule has 1 unspecified atom stereocenters. The zero-order valence-electron chi connectivity index (χ0n) is 13.1. The highest BCUT2D eigenvalue weighted by molar-refractivity contribution is 9.10. The number of carbonyl (C=O) groups is 1. The average molecular weight is 405 g/mol. The molecule has 0 spiro atoms. The van der Waals surface area contributed by atoms with Crippen LogP contribution in [0.2, 0.25) is 0 Å². The quantitative estimate of drug-likeness (QED) is 0.701. The van der Waals surface area contributed by atoms with Crippen molar-refractivity contribution in [3.63, 3.8) is 0 Å². The van der Waals surface area contributed by atoms with E-state index in [2.05, 4.69) is 36.2 Å². The van der Waals surface area contributed by atoms with Crippen molar-refractivity contribution >= 4 is 21.8 Å². The van der Waals surface area contributed by atoms with Crippen molar-refractivity contribution in [1.29, 1.82) is 0 Å². The zero-order valence-corrected chi connectivity index (χ0v) is 14.6. The first-order valence-corrected chi connectivity index (χ1v) is 8.62. The standard InChI is InChI=1S/C17H14BrFN4O2/c18-9-1-3-11(12(19)5-9)17-23-15(7-25-17)16(24)22-10-2-4-13-14(6-10)21-8-20-13/h1,3,5,7-8,10H,2,4,6H2,(H,20,21)(H,22,24). The zero-order chi connectivity index (χ0) is 17.4. The molecule has 0 aliphatic heterocycles. The van der Waals surface area contributed by atoms with Crippen LogP contribution in [-0.2, 0) is 12.8 Å². The molecule has 25 heavy (non-hydrogen) atoms. The molecule has 1 atom stereocenters. The summed E-state index contributed by atoms with van der Waals surface area (Å²) in [6.45, 7) is 0. The molecule has 0 radical (unpaired) electrons. The predicted molar refractivity (Wildman–Crippen MR) is 91.5 cm³/mol. The molecule has 0 saturated heterocycles. The van der Waals surface area contributed by atoms with Crippen molar-refractivity contribution in [2.75, 3.05) is 0 Å². The maximum Gasteiger partial charge on any atom is 0.273 e. The summed E-state index contributed by atoms with van der Waals surface area (Å²) < 4.78 is 19.9. The Bertz CT molecular complexity index is 936. The van der Waals surface area contributed by atoms with Crippen LogP contribution < -0.4 is 5.32 Å². The second kappa shape index (κ2) is 6.44. The largest absolute Gasteiger partial charge is 0.444 e. The summed E-state index contributed by atoms with van der Waals surface area (Å²) >= 11 is 3.20. The molecule has 0 bridgehead atoms. The summed E-state index contributed by atoms with van der Waals surface area (Å²) in [6, 6.07) is 4.56. The van der Waals surface area contributed by atoms with Gasteiger partial charge in [-0.05, 0) is 31.0 Å². The number of aromatic amines is 1. The van der Waals surface area contributed by atoms with Gasteiger partial charge in [0.25, 0.3) is 5.91 Å². The molecule has 1 aliphatic rings. The van der Waals surface area contributed by atoms with Crippen LogP contribution in [0.5, 0.6) is 0 Å². The van der Waals surface area contributed by atoms with Gasteiger partial charge in [0.1, 0.15) is 12.1 Å². The van der Waals surface area contributed by atoms with Gasteiger partial charge in [-0.15, -0.1) is 0 Å². The first kappa shape index (κ1) is 16.0. The molecule has 0 fully saturated rings. The third-order valence-electron chi connectivity index (χ3n) is 4.22. The number of fused-ring (bicyclic) bond motifs is 1. The molecule has 128 valence electrons. The van der Waals surface area contributed by atoms with Crippen LogP contribution in [0.1, 0.15) is 28.3 Å². The Morgan fingerprint density at radius 1 is 1.44 bits per heavy atom. The first-order chi connectivity index (χ1) is 12.1. The Labute approximate surface area is 151 Å². The molecule has 4 rings (SSSR count). The minimum atomic E-state index is -0.470. The summed E-state index contributed by atoms with van der Waals surface area (Å²) in [4.78, 5) is 23.8. The Morgan fingerprint density at radius 2 is 2.32 bits per heavy atom. The van der Waals surface area contributed by atoms with E-state index < -0.39 is 5.82 Å². The second-order valence-corrected chi connectivity index (χ2v) is 6.82. The van der Waals surface area contributed by atoms with Gasteiger partial charge in [-0.3, -0.25) is 4.79 Å². The van der Waals surface area contributed by atoms with Crippen LogP contribution in [-0.4, -0.2) is 26.9 Å². The lowest BCUT2D eigenvalue weighted by molar-refractivity contribution is 0.0928. The number of hydrogen-bond donors (Lipinski definition) is 2. The molecule has 2 N–H and O–H groups in total. The van der Waals surface area contributed by atoms with Crippen LogP contribution in [0.15, 0.2) is 39.7 Å². The van der Waals surface area contributed by atoms with E-state index in [4.69, 9.17) is 4.42 Å². The fourth-order valence-electron chi connectivity index (χ4n) is 2.95. The molecule has 0 saturated carbocycles. The van der Waals surface area contributed by atoms with Crippen molar-refractivity contribution in [2.24, 2.45) is 0 Å². The maximum atomic E-state index is 14.0. The van der Waals surface area contributed by atoms with Crippen molar-refractivity contribution in [3.8, 4) is 11.5 Å². The van der Waals surface area contributed by atoms with E-state index in [-0.39, 0.29) is 29.1 Å². The van der Waals surface area contributed by atoms with Gasteiger partial charge in [0.2, 0.25) is 5.89 Å². The summed E-state index contributed by atoms with van der Waals surface area (Å²) in [5, 5.41) is 2.94. The Hall–Kier alpha value is -2.48. The molecule has 6 nitrogen and oxygen atoms in total. The fourth-order valence-corrected chi connectivity index (χ4v) is 3.28. The summed E-state index contributed by atoms with van der Waals surface area (Å²) in [6.07, 6.45) is 5.25. The summed E-state index contributed by atoms with van der Waals surface area (Å²) in [5.74, 6) is -0.725. The minimum Gasteiger partial charge on any atom is -0.444 e. The molecule has 1 aromatic carbocycles. The molecule has 2 aromatic heterocycles. The van der Waals surface area contributed by atoms with Crippen molar-refractivity contribution in [2.45, 2.75) is 25.3 Å². The van der Waals surface area contributed by atoms with E-state index in [1.54, 1.807) is 18.5 Å². The monoisotopic (exact) mass is 404 g/mol. The number of oxazole rings is 1. The minimum absolute atomic E-state index is 0.00465. The number of nitrogens with one attached hydrogen (secondary N) is 2. The van der Waals surface area contributed by atoms with Crippen LogP contribution in [0.4, 0.5) is 4.39 Å². The number of H-pyrrole nitrogens is 1. The molecular weight excluding hydrogens is 391 g/mol. The number of halogens is 2. The lowest BCUT2D eigenvalue weighted by Gasteiger charge is -2.21. The third-order valence-corrected chi connectivity index (χ3v) is 4.71. The van der Waals surface area contributed by atoms with Gasteiger partial charge in [0.05, 0.1) is 17.6 Å². The number of rotatable bonds is 3. The molecule has 1 amide bonds. The molecule has 2 heterocycles. The lowest BCUT2D eigenvalue weighted by Crippen LogP contribution is -2.39. The number of aryl methyl sites for hydroxylation is 1.